The molecule has 242 valence electrons. The fraction of sp³-hybridized carbons (Fsp3) is 0.684. The number of hydrogen-bond donors (Lipinski definition) is 2. The zero-order valence-electron chi connectivity index (χ0n) is 20.1. The first kappa shape index (κ1) is 38.9. The molecule has 0 spiro atoms. The van der Waals surface area contributed by atoms with Crippen LogP contribution in [0.1, 0.15) is 43.9 Å². The normalized spacial score (nSPS) is 15.9. The van der Waals surface area contributed by atoms with Crippen molar-refractivity contribution in [1.29, 1.82) is 0 Å². The van der Waals surface area contributed by atoms with Crippen LogP contribution >= 0.6 is 0 Å². The summed E-state index contributed by atoms with van der Waals surface area (Å²) in [4.78, 5) is 0. The molecule has 0 aliphatic carbocycles. The van der Waals surface area contributed by atoms with Crippen LogP contribution in [0.3, 0.4) is 0 Å². The van der Waals surface area contributed by atoms with Crippen molar-refractivity contribution in [2.24, 2.45) is 5.73 Å². The van der Waals surface area contributed by atoms with Crippen molar-refractivity contribution in [2.75, 3.05) is 0 Å². The van der Waals surface area contributed by atoms with Crippen LogP contribution < -0.4 is 5.73 Å². The first-order valence-corrected chi connectivity index (χ1v) is 11.6. The van der Waals surface area contributed by atoms with Crippen molar-refractivity contribution in [3.63, 3.8) is 0 Å². The van der Waals surface area contributed by atoms with Gasteiger partial charge in [0.2, 0.25) is 0 Å². The molecule has 0 bridgehead atoms. The van der Waals surface area contributed by atoms with Crippen LogP contribution in [0.2, 0.25) is 0 Å². The van der Waals surface area contributed by atoms with Gasteiger partial charge in [-0.15, -0.1) is 0 Å². The summed E-state index contributed by atoms with van der Waals surface area (Å²) in [6, 6.07) is 8.68. The van der Waals surface area contributed by atoms with Crippen LogP contribution in [0.15, 0.2) is 24.3 Å². The van der Waals surface area contributed by atoms with Crippen molar-refractivity contribution in [3.05, 3.63) is 35.4 Å². The van der Waals surface area contributed by atoms with Crippen LogP contribution in [0.25, 0.3) is 0 Å². The fourth-order valence-corrected chi connectivity index (χ4v) is 2.95. The van der Waals surface area contributed by atoms with Gasteiger partial charge in [-0.1, -0.05) is 38.1 Å². The van der Waals surface area contributed by atoms with E-state index >= 15 is 0 Å². The predicted molar refractivity (Wildman–Crippen MR) is 105 cm³/mol. The Morgan fingerprint density at radius 1 is 0.561 bits per heavy atom. The Bertz CT molecular complexity index is 1120. The summed E-state index contributed by atoms with van der Waals surface area (Å²) in [6.45, 7) is 6.39. The molecule has 0 aliphatic heterocycles. The van der Waals surface area contributed by atoms with Gasteiger partial charge in [0.05, 0.1) is 0 Å². The first-order valence-electron chi connectivity index (χ1n) is 10.1. The highest BCUT2D eigenvalue weighted by molar-refractivity contribution is 7.87. The summed E-state index contributed by atoms with van der Waals surface area (Å²) in [6.07, 6.45) is -7.88. The van der Waals surface area contributed by atoms with Crippen LogP contribution in [0.5, 0.6) is 0 Å². The predicted octanol–water partition coefficient (Wildman–Crippen LogP) is 7.67. The smallest absolute Gasteiger partial charge is 0.324 e. The van der Waals surface area contributed by atoms with E-state index in [1.54, 1.807) is 0 Å². The van der Waals surface area contributed by atoms with Gasteiger partial charge in [0, 0.05) is 6.04 Å². The molecule has 22 heteroatoms. The number of halogens is 17. The number of benzene rings is 1. The molecule has 4 nitrogen and oxygen atoms in total. The lowest BCUT2D eigenvalue weighted by molar-refractivity contribution is -0.458. The first-order chi connectivity index (χ1) is 17.6. The second kappa shape index (κ2) is 11.2. The molecule has 1 aromatic rings. The molecule has 1 atom stereocenters. The van der Waals surface area contributed by atoms with Gasteiger partial charge in [0.1, 0.15) is 0 Å². The minimum Gasteiger partial charge on any atom is -0.324 e. The maximum atomic E-state index is 13.0. The Labute approximate surface area is 219 Å². The molecule has 0 saturated carbocycles. The van der Waals surface area contributed by atoms with Crippen LogP contribution in [-0.2, 0) is 10.1 Å². The van der Waals surface area contributed by atoms with Crippen molar-refractivity contribution in [1.82, 2.24) is 0 Å². The second-order valence-corrected chi connectivity index (χ2v) is 10.0. The molecule has 0 aromatic heterocycles. The molecule has 1 aromatic carbocycles. The number of rotatable bonds is 9. The maximum Gasteiger partial charge on any atom is 0.460 e. The fourth-order valence-electron chi connectivity index (χ4n) is 2.50. The largest absolute Gasteiger partial charge is 0.460 e. The van der Waals surface area contributed by atoms with Gasteiger partial charge in [0.15, 0.2) is 0 Å². The van der Waals surface area contributed by atoms with E-state index in [-0.39, 0.29) is 6.04 Å². The van der Waals surface area contributed by atoms with Gasteiger partial charge in [0.25, 0.3) is 0 Å². The van der Waals surface area contributed by atoms with Gasteiger partial charge in [-0.25, -0.2) is 0 Å². The second-order valence-electron chi connectivity index (χ2n) is 8.55. The van der Waals surface area contributed by atoms with Crippen LogP contribution in [-0.4, -0.2) is 59.9 Å². The molecular weight excluding hydrogens is 645 g/mol. The third-order valence-electron chi connectivity index (χ3n) is 5.15. The van der Waals surface area contributed by atoms with E-state index in [1.165, 1.54) is 11.1 Å². The summed E-state index contributed by atoms with van der Waals surface area (Å²) in [7, 11) is -7.89. The molecule has 0 radical (unpaired) electrons. The molecule has 3 N–H and O–H groups in total. The van der Waals surface area contributed by atoms with E-state index in [1.807, 2.05) is 6.92 Å². The quantitative estimate of drug-likeness (QED) is 0.210. The third kappa shape index (κ3) is 6.32. The third-order valence-corrected chi connectivity index (χ3v) is 6.05. The minimum absolute atomic E-state index is 0.145. The summed E-state index contributed by atoms with van der Waals surface area (Å²) >= 11 is 0. The van der Waals surface area contributed by atoms with Gasteiger partial charge in [-0.05, 0) is 24.0 Å². The highest BCUT2D eigenvalue weighted by Gasteiger charge is 2.96. The van der Waals surface area contributed by atoms with E-state index in [4.69, 9.17) is 10.3 Å². The zero-order valence-corrected chi connectivity index (χ0v) is 21.0. The highest BCUT2D eigenvalue weighted by Crippen LogP contribution is 2.64. The Morgan fingerprint density at radius 3 is 1.07 bits per heavy atom. The Balaban J connectivity index is 0.00000110. The molecule has 0 amide bonds. The van der Waals surface area contributed by atoms with Crippen molar-refractivity contribution >= 4 is 10.1 Å². The van der Waals surface area contributed by atoms with Crippen molar-refractivity contribution < 1.29 is 87.6 Å². The molecule has 0 saturated heterocycles. The lowest BCUT2D eigenvalue weighted by atomic mass is 9.91. The Morgan fingerprint density at radius 2 is 0.829 bits per heavy atom. The van der Waals surface area contributed by atoms with Gasteiger partial charge >= 0.3 is 57.1 Å². The van der Waals surface area contributed by atoms with E-state index in [0.29, 0.717) is 5.92 Å². The monoisotopic (exact) mass is 663 g/mol. The van der Waals surface area contributed by atoms with Crippen molar-refractivity contribution in [2.45, 2.75) is 79.7 Å². The van der Waals surface area contributed by atoms with Gasteiger partial charge in [-0.2, -0.15) is 83.1 Å². The number of nitrogens with two attached hydrogens (primary N) is 1. The van der Waals surface area contributed by atoms with Gasteiger partial charge in [-0.3, -0.25) is 4.55 Å². The molecule has 41 heavy (non-hydrogen) atoms. The topological polar surface area (TPSA) is 80.4 Å². The average Bonchev–Trinajstić information content (AvgIpc) is 2.77. The summed E-state index contributed by atoms with van der Waals surface area (Å²) < 4.78 is 242. The Kier molecular flexibility index (Phi) is 10.6. The van der Waals surface area contributed by atoms with E-state index in [2.05, 4.69) is 38.1 Å². The highest BCUT2D eigenvalue weighted by atomic mass is 32.2. The Hall–Kier alpha value is -2.10. The number of hydrogen-bond acceptors (Lipinski definition) is 3. The average molecular weight is 663 g/mol. The van der Waals surface area contributed by atoms with Crippen molar-refractivity contribution in [3.8, 4) is 0 Å². The molecule has 0 aliphatic rings. The molecule has 1 rings (SSSR count). The number of alkyl halides is 17. The summed E-state index contributed by atoms with van der Waals surface area (Å²) in [5.74, 6) is -51.4. The van der Waals surface area contributed by atoms with E-state index < -0.39 is 57.1 Å². The van der Waals surface area contributed by atoms with Gasteiger partial charge < -0.3 is 5.73 Å². The lowest BCUT2D eigenvalue weighted by Crippen LogP contribution is -2.74. The van der Waals surface area contributed by atoms with E-state index in [0.717, 1.165) is 0 Å². The van der Waals surface area contributed by atoms with Crippen LogP contribution in [0, 0.1) is 0 Å². The van der Waals surface area contributed by atoms with E-state index in [9.17, 15) is 83.1 Å². The maximum absolute atomic E-state index is 13.0. The molecule has 0 heterocycles. The van der Waals surface area contributed by atoms with Crippen LogP contribution in [0.4, 0.5) is 74.6 Å². The SMILES string of the molecule is CC(C)c1ccc(C(C)N)cc1.O=S(=O)(O)C(F)(F)C(F)(F)C(F)(F)C(F)(F)C(F)(F)C(F)(F)C(F)(F)C(F)(F)F. The summed E-state index contributed by atoms with van der Waals surface area (Å²) in [5, 5.41) is -7.84. The zero-order chi connectivity index (χ0) is 33.6. The summed E-state index contributed by atoms with van der Waals surface area (Å²) in [5.41, 5.74) is 8.32. The lowest BCUT2D eigenvalue weighted by Gasteiger charge is -2.42. The molecular formula is C19H18F17NO3S. The standard InChI is InChI=1S/C11H17N.C8HF17O3S/c1-8(2)10-4-6-11(7-5-10)9(3)12;9-1(10,3(13,14)5(17,18)7(21,22)23)2(11,12)4(15,16)6(19,20)8(24,25)29(26,27)28/h4-9H,12H2,1-3H3;(H,26,27,28). The molecule has 1 unspecified atom stereocenters. The minimum atomic E-state index is -8.89. The molecule has 0 fully saturated rings.